The van der Waals surface area contributed by atoms with Crippen molar-refractivity contribution < 1.29 is 19.2 Å². The van der Waals surface area contributed by atoms with Crippen LogP contribution in [0, 0.1) is 17.0 Å². The van der Waals surface area contributed by atoms with Gasteiger partial charge in [0.15, 0.2) is 0 Å². The van der Waals surface area contributed by atoms with Crippen LogP contribution in [0.3, 0.4) is 0 Å². The molecule has 5 rings (SSSR count). The number of likely N-dealkylation sites (tertiary alicyclic amines) is 1. The normalized spacial score (nSPS) is 16.4. The molecule has 42 heavy (non-hydrogen) atoms. The second kappa shape index (κ2) is 11.8. The Bertz CT molecular complexity index is 1430. The van der Waals surface area contributed by atoms with Crippen molar-refractivity contribution in [3.05, 3.63) is 81.7 Å². The lowest BCUT2D eigenvalue weighted by Gasteiger charge is -2.37. The first kappa shape index (κ1) is 29.1. The summed E-state index contributed by atoms with van der Waals surface area (Å²) >= 11 is 0. The van der Waals surface area contributed by atoms with E-state index < -0.39 is 10.5 Å². The number of aromatic nitrogens is 2. The molecule has 2 fully saturated rings. The third-order valence-electron chi connectivity index (χ3n) is 7.84. The molecule has 3 aromatic rings. The zero-order valence-electron chi connectivity index (χ0n) is 24.7. The van der Waals surface area contributed by atoms with Crippen molar-refractivity contribution in [2.45, 2.75) is 52.1 Å². The van der Waals surface area contributed by atoms with E-state index in [0.29, 0.717) is 57.7 Å². The first-order chi connectivity index (χ1) is 20.0. The van der Waals surface area contributed by atoms with Crippen molar-refractivity contribution in [1.29, 1.82) is 0 Å². The Morgan fingerprint density at radius 2 is 1.48 bits per heavy atom. The number of nitro benzene ring substituents is 1. The van der Waals surface area contributed by atoms with Crippen molar-refractivity contribution >= 4 is 23.4 Å². The number of aryl methyl sites for hydroxylation is 1. The van der Waals surface area contributed by atoms with E-state index in [0.717, 1.165) is 22.6 Å². The Morgan fingerprint density at radius 3 is 2.05 bits per heavy atom. The van der Waals surface area contributed by atoms with E-state index in [1.54, 1.807) is 23.2 Å². The SMILES string of the molecule is Cc1ccc(-n2ncc(C(=O)N3CCN(c4ccc([N+](=O)[O-])cc4)CC3)c2C2CCN(C(=O)OC(C)(C)C)CC2)cc1. The summed E-state index contributed by atoms with van der Waals surface area (Å²) in [6, 6.07) is 14.6. The average molecular weight is 575 g/mol. The van der Waals surface area contributed by atoms with Gasteiger partial charge >= 0.3 is 6.09 Å². The molecule has 0 N–H and O–H groups in total. The van der Waals surface area contributed by atoms with Crippen LogP contribution in [-0.2, 0) is 4.74 Å². The fourth-order valence-electron chi connectivity index (χ4n) is 5.59. The van der Waals surface area contributed by atoms with Gasteiger partial charge in [-0.05, 0) is 64.8 Å². The number of rotatable bonds is 5. The summed E-state index contributed by atoms with van der Waals surface area (Å²) in [5.41, 5.74) is 3.91. The summed E-state index contributed by atoms with van der Waals surface area (Å²) in [4.78, 5) is 43.0. The highest BCUT2D eigenvalue weighted by molar-refractivity contribution is 5.95. The third kappa shape index (κ3) is 6.40. The molecule has 0 bridgehead atoms. The van der Waals surface area contributed by atoms with Crippen LogP contribution in [0.1, 0.15) is 61.1 Å². The van der Waals surface area contributed by atoms with Crippen LogP contribution in [0.15, 0.2) is 54.7 Å². The average Bonchev–Trinajstić information content (AvgIpc) is 3.42. The van der Waals surface area contributed by atoms with Gasteiger partial charge in [-0.25, -0.2) is 9.48 Å². The Hall–Kier alpha value is -4.41. The van der Waals surface area contributed by atoms with Crippen molar-refractivity contribution in [2.75, 3.05) is 44.2 Å². The number of benzene rings is 2. The Labute approximate surface area is 245 Å². The third-order valence-corrected chi connectivity index (χ3v) is 7.84. The number of anilines is 1. The number of piperidine rings is 1. The van der Waals surface area contributed by atoms with Crippen LogP contribution in [0.2, 0.25) is 0 Å². The molecule has 11 nitrogen and oxygen atoms in total. The number of hydrogen-bond acceptors (Lipinski definition) is 7. The smallest absolute Gasteiger partial charge is 0.410 e. The highest BCUT2D eigenvalue weighted by Gasteiger charge is 2.34. The minimum atomic E-state index is -0.555. The van der Waals surface area contributed by atoms with Gasteiger partial charge in [-0.1, -0.05) is 17.7 Å². The maximum atomic E-state index is 13.9. The number of nitrogens with zero attached hydrogens (tertiary/aromatic N) is 6. The van der Waals surface area contributed by atoms with Gasteiger partial charge in [0.1, 0.15) is 5.60 Å². The number of hydrogen-bond donors (Lipinski definition) is 0. The number of non-ortho nitro benzene ring substituents is 1. The van der Waals surface area contributed by atoms with Crippen molar-refractivity contribution in [2.24, 2.45) is 0 Å². The molecular weight excluding hydrogens is 536 g/mol. The van der Waals surface area contributed by atoms with E-state index in [2.05, 4.69) is 4.90 Å². The summed E-state index contributed by atoms with van der Waals surface area (Å²) in [6.45, 7) is 11.0. The van der Waals surface area contributed by atoms with Gasteiger partial charge in [-0.15, -0.1) is 0 Å². The van der Waals surface area contributed by atoms with Crippen molar-refractivity contribution in [1.82, 2.24) is 19.6 Å². The van der Waals surface area contributed by atoms with E-state index in [9.17, 15) is 19.7 Å². The van der Waals surface area contributed by atoms with E-state index in [1.165, 1.54) is 12.1 Å². The maximum absolute atomic E-state index is 13.9. The molecule has 222 valence electrons. The number of nitro groups is 1. The molecule has 2 amide bonds. The quantitative estimate of drug-likeness (QED) is 0.305. The minimum Gasteiger partial charge on any atom is -0.444 e. The van der Waals surface area contributed by atoms with Gasteiger partial charge in [-0.3, -0.25) is 14.9 Å². The molecule has 2 aliphatic rings. The van der Waals surface area contributed by atoms with E-state index in [1.807, 2.05) is 61.5 Å². The maximum Gasteiger partial charge on any atom is 0.410 e. The zero-order chi connectivity index (χ0) is 30.0. The van der Waals surface area contributed by atoms with Gasteiger partial charge in [0.2, 0.25) is 0 Å². The summed E-state index contributed by atoms with van der Waals surface area (Å²) in [6.07, 6.45) is 2.77. The van der Waals surface area contributed by atoms with Crippen LogP contribution in [-0.4, -0.2) is 81.4 Å². The molecule has 0 unspecified atom stereocenters. The minimum absolute atomic E-state index is 0.0489. The summed E-state index contributed by atoms with van der Waals surface area (Å²) in [5.74, 6) is -0.00544. The van der Waals surface area contributed by atoms with Gasteiger partial charge in [0.25, 0.3) is 11.6 Å². The molecule has 2 aliphatic heterocycles. The number of carbonyl (C=O) groups is 2. The molecule has 0 atom stereocenters. The van der Waals surface area contributed by atoms with Crippen LogP contribution < -0.4 is 4.90 Å². The molecular formula is C31H38N6O5. The van der Waals surface area contributed by atoms with Gasteiger partial charge in [0.05, 0.1) is 28.1 Å². The molecule has 2 saturated heterocycles. The monoisotopic (exact) mass is 574 g/mol. The second-order valence-corrected chi connectivity index (χ2v) is 12.0. The van der Waals surface area contributed by atoms with E-state index in [4.69, 9.17) is 9.84 Å². The zero-order valence-corrected chi connectivity index (χ0v) is 24.7. The predicted octanol–water partition coefficient (Wildman–Crippen LogP) is 5.17. The van der Waals surface area contributed by atoms with Crippen molar-refractivity contribution in [3.63, 3.8) is 0 Å². The molecule has 0 saturated carbocycles. The Kier molecular flexibility index (Phi) is 8.20. The second-order valence-electron chi connectivity index (χ2n) is 12.0. The molecule has 0 spiro atoms. The Morgan fingerprint density at radius 1 is 0.881 bits per heavy atom. The van der Waals surface area contributed by atoms with Crippen LogP contribution in [0.5, 0.6) is 0 Å². The largest absolute Gasteiger partial charge is 0.444 e. The topological polar surface area (TPSA) is 114 Å². The Balaban J connectivity index is 1.33. The lowest BCUT2D eigenvalue weighted by Crippen LogP contribution is -2.49. The molecule has 0 aliphatic carbocycles. The standard InChI is InChI=1S/C31H38N6O5/c1-22-5-7-25(8-6-22)36-28(23-13-15-35(16-14-23)30(39)42-31(2,3)4)27(21-32-36)29(38)34-19-17-33(18-20-34)24-9-11-26(12-10-24)37(40)41/h5-12,21,23H,13-20H2,1-4H3. The highest BCUT2D eigenvalue weighted by Crippen LogP contribution is 2.34. The van der Waals surface area contributed by atoms with Crippen molar-refractivity contribution in [3.8, 4) is 5.69 Å². The number of amides is 2. The first-order valence-electron chi connectivity index (χ1n) is 14.4. The van der Waals surface area contributed by atoms with E-state index in [-0.39, 0.29) is 23.6 Å². The van der Waals surface area contributed by atoms with Gasteiger partial charge in [0, 0.05) is 63.0 Å². The number of ether oxygens (including phenoxy) is 1. The molecule has 11 heteroatoms. The fraction of sp³-hybridized carbons (Fsp3) is 0.452. The molecule has 3 heterocycles. The molecule has 1 aromatic heterocycles. The fourth-order valence-corrected chi connectivity index (χ4v) is 5.59. The summed E-state index contributed by atoms with van der Waals surface area (Å²) in [7, 11) is 0. The van der Waals surface area contributed by atoms with Gasteiger partial charge < -0.3 is 19.4 Å². The predicted molar refractivity (Wildman–Crippen MR) is 159 cm³/mol. The number of carbonyl (C=O) groups excluding carboxylic acids is 2. The number of piperazine rings is 1. The molecule has 2 aromatic carbocycles. The molecule has 0 radical (unpaired) electrons. The van der Waals surface area contributed by atoms with Gasteiger partial charge in [-0.2, -0.15) is 5.10 Å². The lowest BCUT2D eigenvalue weighted by molar-refractivity contribution is -0.384. The highest BCUT2D eigenvalue weighted by atomic mass is 16.6. The first-order valence-corrected chi connectivity index (χ1v) is 14.4. The summed E-state index contributed by atoms with van der Waals surface area (Å²) in [5, 5.41) is 15.7. The van der Waals surface area contributed by atoms with E-state index >= 15 is 0 Å². The van der Waals surface area contributed by atoms with Crippen LogP contribution in [0.4, 0.5) is 16.2 Å². The lowest BCUT2D eigenvalue weighted by atomic mass is 9.90. The van der Waals surface area contributed by atoms with Crippen LogP contribution in [0.25, 0.3) is 5.69 Å². The summed E-state index contributed by atoms with van der Waals surface area (Å²) < 4.78 is 7.46. The van der Waals surface area contributed by atoms with Crippen LogP contribution >= 0.6 is 0 Å².